The van der Waals surface area contributed by atoms with Gasteiger partial charge in [-0.2, -0.15) is 0 Å². The summed E-state index contributed by atoms with van der Waals surface area (Å²) in [6.45, 7) is 0. The summed E-state index contributed by atoms with van der Waals surface area (Å²) < 4.78 is 5.19. The minimum absolute atomic E-state index is 0.185. The van der Waals surface area contributed by atoms with Crippen molar-refractivity contribution in [2.75, 3.05) is 0 Å². The van der Waals surface area contributed by atoms with E-state index in [-0.39, 0.29) is 5.41 Å². The topological polar surface area (TPSA) is 4.93 Å². The Kier molecular flexibility index (Phi) is 6.12. The maximum Gasteiger partial charge on any atom is 0.0541 e. The summed E-state index contributed by atoms with van der Waals surface area (Å²) in [6, 6.07) is 57.0. The number of thiophene rings is 1. The van der Waals surface area contributed by atoms with Crippen LogP contribution in [0.3, 0.4) is 0 Å². The molecule has 1 saturated carbocycles. The molecule has 0 aliphatic heterocycles. The molecule has 0 saturated heterocycles. The molecule has 0 radical (unpaired) electrons. The largest absolute Gasteiger partial charge is 0.309 e. The second kappa shape index (κ2) is 10.8. The molecule has 0 unspecified atom stereocenters. The van der Waals surface area contributed by atoms with Crippen LogP contribution < -0.4 is 0 Å². The first-order valence-electron chi connectivity index (χ1n) is 18.1. The minimum atomic E-state index is 0.185. The van der Waals surface area contributed by atoms with E-state index in [1.54, 1.807) is 11.1 Å². The molecular weight excluding hydrogens is 623 g/mol. The van der Waals surface area contributed by atoms with Gasteiger partial charge in [0.2, 0.25) is 0 Å². The highest BCUT2D eigenvalue weighted by Gasteiger charge is 2.43. The number of hydrogen-bond donors (Lipinski definition) is 0. The van der Waals surface area contributed by atoms with Gasteiger partial charge >= 0.3 is 0 Å². The first-order chi connectivity index (χ1) is 24.7. The van der Waals surface area contributed by atoms with Gasteiger partial charge in [0.15, 0.2) is 0 Å². The first kappa shape index (κ1) is 28.4. The molecular formula is C48H35NS. The fraction of sp³-hybridized carbons (Fsp3) is 0.125. The molecule has 1 nitrogen and oxygen atoms in total. The third-order valence-corrected chi connectivity index (χ3v) is 12.9. The third-order valence-electron chi connectivity index (χ3n) is 11.8. The highest BCUT2D eigenvalue weighted by atomic mass is 32.1. The fourth-order valence-corrected chi connectivity index (χ4v) is 10.6. The Morgan fingerprint density at radius 2 is 1.14 bits per heavy atom. The highest BCUT2D eigenvalue weighted by Crippen LogP contribution is 2.57. The Labute approximate surface area is 296 Å². The molecule has 0 bridgehead atoms. The van der Waals surface area contributed by atoms with E-state index in [9.17, 15) is 0 Å². The molecule has 0 amide bonds. The first-order valence-corrected chi connectivity index (χ1v) is 18.9. The second-order valence-corrected chi connectivity index (χ2v) is 15.5. The molecule has 0 atom stereocenters. The Morgan fingerprint density at radius 1 is 0.420 bits per heavy atom. The van der Waals surface area contributed by atoms with Gasteiger partial charge in [-0.1, -0.05) is 122 Å². The smallest absolute Gasteiger partial charge is 0.0541 e. The summed E-state index contributed by atoms with van der Waals surface area (Å²) in [4.78, 5) is 0. The molecule has 2 heteroatoms. The fourth-order valence-electron chi connectivity index (χ4n) is 9.48. The Morgan fingerprint density at radius 3 is 2.06 bits per heavy atom. The van der Waals surface area contributed by atoms with Crippen LogP contribution in [-0.4, -0.2) is 4.57 Å². The van der Waals surface area contributed by atoms with Crippen molar-refractivity contribution >= 4 is 53.3 Å². The predicted octanol–water partition coefficient (Wildman–Crippen LogP) is 13.7. The average molecular weight is 658 g/mol. The van der Waals surface area contributed by atoms with Crippen LogP contribution in [0.5, 0.6) is 0 Å². The van der Waals surface area contributed by atoms with Crippen LogP contribution in [-0.2, 0) is 5.41 Å². The summed E-state index contributed by atoms with van der Waals surface area (Å²) in [6.07, 6.45) is 6.54. The molecule has 11 rings (SSSR count). The van der Waals surface area contributed by atoms with Crippen molar-refractivity contribution in [3.8, 4) is 39.1 Å². The van der Waals surface area contributed by atoms with Crippen LogP contribution in [0.25, 0.3) is 81.0 Å². The van der Waals surface area contributed by atoms with E-state index < -0.39 is 0 Å². The molecule has 9 aromatic rings. The van der Waals surface area contributed by atoms with E-state index in [1.807, 2.05) is 11.3 Å². The van der Waals surface area contributed by atoms with Gasteiger partial charge in [-0.25, -0.2) is 0 Å². The van der Waals surface area contributed by atoms with Crippen molar-refractivity contribution in [3.63, 3.8) is 0 Å². The highest BCUT2D eigenvalue weighted by molar-refractivity contribution is 7.25. The molecule has 0 N–H and O–H groups in total. The number of aromatic nitrogens is 1. The summed E-state index contributed by atoms with van der Waals surface area (Å²) in [7, 11) is 0. The second-order valence-electron chi connectivity index (χ2n) is 14.4. The van der Waals surface area contributed by atoms with Crippen LogP contribution in [0, 0.1) is 0 Å². The van der Waals surface area contributed by atoms with Gasteiger partial charge in [0.25, 0.3) is 0 Å². The predicted molar refractivity (Wildman–Crippen MR) is 214 cm³/mol. The van der Waals surface area contributed by atoms with Crippen molar-refractivity contribution < 1.29 is 0 Å². The van der Waals surface area contributed by atoms with E-state index in [0.717, 1.165) is 0 Å². The molecule has 2 heterocycles. The van der Waals surface area contributed by atoms with Gasteiger partial charge in [0.1, 0.15) is 0 Å². The zero-order valence-corrected chi connectivity index (χ0v) is 28.6. The summed E-state index contributed by atoms with van der Waals surface area (Å²) in [5, 5.41) is 5.37. The van der Waals surface area contributed by atoms with Crippen molar-refractivity contribution in [3.05, 3.63) is 163 Å². The minimum Gasteiger partial charge on any atom is -0.309 e. The lowest BCUT2D eigenvalue weighted by Gasteiger charge is -2.36. The lowest BCUT2D eigenvalue weighted by Crippen LogP contribution is -2.27. The van der Waals surface area contributed by atoms with Gasteiger partial charge in [-0.15, -0.1) is 11.3 Å². The zero-order valence-electron chi connectivity index (χ0n) is 27.8. The maximum atomic E-state index is 2.59. The molecule has 2 aliphatic carbocycles. The standard InChI is InChI=1S/C48H35NS/c1-3-12-31(13-4-1)32-14-11-15-35(26-32)49-44-19-8-6-17-37(44)40-27-33(21-23-45(40)49)34-20-22-38-41-29-43-39(30-47(41)50-46(38)28-34)36-16-5-7-18-42(36)48(43)24-9-2-10-25-48/h1,3-8,11-23,26-30H,2,9-10,24-25H2. The van der Waals surface area contributed by atoms with E-state index in [4.69, 9.17) is 0 Å². The number of nitrogens with zero attached hydrogens (tertiary/aromatic N) is 1. The SMILES string of the molecule is c1ccc(-c2cccc(-n3c4ccccc4c4cc(-c5ccc6c(c5)sc5cc7c(cc56)C5(CCCCC5)c5ccccc5-7)ccc43)c2)cc1. The monoisotopic (exact) mass is 657 g/mol. The molecule has 2 aliphatic rings. The van der Waals surface area contributed by atoms with Crippen molar-refractivity contribution in [2.24, 2.45) is 0 Å². The van der Waals surface area contributed by atoms with E-state index in [0.29, 0.717) is 0 Å². The summed E-state index contributed by atoms with van der Waals surface area (Å²) >= 11 is 1.95. The number of rotatable bonds is 3. The van der Waals surface area contributed by atoms with E-state index >= 15 is 0 Å². The van der Waals surface area contributed by atoms with Gasteiger partial charge in [-0.05, 0) is 106 Å². The van der Waals surface area contributed by atoms with Gasteiger partial charge in [-0.3, -0.25) is 0 Å². The Balaban J connectivity index is 1.04. The number of fused-ring (bicyclic) bond motifs is 11. The maximum absolute atomic E-state index is 2.59. The van der Waals surface area contributed by atoms with Crippen molar-refractivity contribution in [1.29, 1.82) is 0 Å². The molecule has 1 fully saturated rings. The molecule has 50 heavy (non-hydrogen) atoms. The normalized spacial score (nSPS) is 15.0. The summed E-state index contributed by atoms with van der Waals surface area (Å²) in [5.74, 6) is 0. The quantitative estimate of drug-likeness (QED) is 0.178. The molecule has 238 valence electrons. The van der Waals surface area contributed by atoms with Gasteiger partial charge in [0.05, 0.1) is 11.0 Å². The lowest BCUT2D eigenvalue weighted by atomic mass is 9.68. The van der Waals surface area contributed by atoms with Crippen LogP contribution in [0.4, 0.5) is 0 Å². The lowest BCUT2D eigenvalue weighted by molar-refractivity contribution is 0.353. The Hall–Kier alpha value is -5.44. The van der Waals surface area contributed by atoms with Crippen LogP contribution in [0.2, 0.25) is 0 Å². The van der Waals surface area contributed by atoms with Crippen molar-refractivity contribution in [1.82, 2.24) is 4.57 Å². The van der Waals surface area contributed by atoms with E-state index in [2.05, 4.69) is 156 Å². The molecule has 1 spiro atoms. The number of benzene rings is 7. The zero-order chi connectivity index (χ0) is 32.8. The third kappa shape index (κ3) is 4.06. The van der Waals surface area contributed by atoms with E-state index in [1.165, 1.54) is 113 Å². The van der Waals surface area contributed by atoms with Gasteiger partial charge in [0, 0.05) is 42.0 Å². The van der Waals surface area contributed by atoms with Crippen LogP contribution in [0.1, 0.15) is 43.2 Å². The van der Waals surface area contributed by atoms with Gasteiger partial charge < -0.3 is 4.57 Å². The molecule has 7 aromatic carbocycles. The summed E-state index contributed by atoms with van der Waals surface area (Å²) in [5.41, 5.74) is 14.9. The van der Waals surface area contributed by atoms with Crippen LogP contribution in [0.15, 0.2) is 152 Å². The average Bonchev–Trinajstić information content (AvgIpc) is 3.80. The number of para-hydroxylation sites is 1. The van der Waals surface area contributed by atoms with Crippen LogP contribution >= 0.6 is 11.3 Å². The Bertz CT molecular complexity index is 2790. The van der Waals surface area contributed by atoms with Crippen molar-refractivity contribution in [2.45, 2.75) is 37.5 Å². The molecule has 2 aromatic heterocycles. The number of hydrogen-bond acceptors (Lipinski definition) is 1.